The number of hydrogen-bond acceptors (Lipinski definition) is 4. The van der Waals surface area contributed by atoms with Crippen molar-refractivity contribution in [3.05, 3.63) is 29.8 Å². The average molecular weight is 265 g/mol. The number of aliphatic hydroxyl groups is 1. The number of para-hydroxylation sites is 1. The van der Waals surface area contributed by atoms with Crippen molar-refractivity contribution in [1.29, 1.82) is 0 Å². The maximum absolute atomic E-state index is 11.4. The van der Waals surface area contributed by atoms with Crippen LogP contribution in [0.15, 0.2) is 24.3 Å². The van der Waals surface area contributed by atoms with Crippen molar-refractivity contribution >= 4 is 5.78 Å². The van der Waals surface area contributed by atoms with Crippen molar-refractivity contribution in [2.75, 3.05) is 13.2 Å². The monoisotopic (exact) mass is 265 g/mol. The summed E-state index contributed by atoms with van der Waals surface area (Å²) in [6.07, 6.45) is -0.612. The number of ketones is 1. The summed E-state index contributed by atoms with van der Waals surface area (Å²) in [5.41, 5.74) is 0.497. The minimum atomic E-state index is -0.612. The normalized spacial score (nSPS) is 13.1. The van der Waals surface area contributed by atoms with Gasteiger partial charge in [-0.05, 0) is 39.8 Å². The summed E-state index contributed by atoms with van der Waals surface area (Å²) in [4.78, 5) is 11.4. The molecule has 0 aliphatic carbocycles. The molecule has 1 atom stereocenters. The first-order chi connectivity index (χ1) is 8.79. The summed E-state index contributed by atoms with van der Waals surface area (Å²) in [7, 11) is 0. The van der Waals surface area contributed by atoms with Gasteiger partial charge in [-0.2, -0.15) is 0 Å². The molecule has 0 fully saturated rings. The number of carbonyl (C=O) groups excluding carboxylic acids is 1. The van der Waals surface area contributed by atoms with Crippen molar-refractivity contribution in [2.24, 2.45) is 0 Å². The summed E-state index contributed by atoms with van der Waals surface area (Å²) in [5.74, 6) is 0.475. The molecule has 0 unspecified atom stereocenters. The van der Waals surface area contributed by atoms with E-state index in [4.69, 9.17) is 4.74 Å². The quantitative estimate of drug-likeness (QED) is 0.773. The van der Waals surface area contributed by atoms with Crippen molar-refractivity contribution < 1.29 is 14.6 Å². The van der Waals surface area contributed by atoms with Crippen molar-refractivity contribution in [1.82, 2.24) is 5.32 Å². The molecule has 2 N–H and O–H groups in total. The van der Waals surface area contributed by atoms with Crippen LogP contribution in [0, 0.1) is 0 Å². The minimum Gasteiger partial charge on any atom is -0.490 e. The van der Waals surface area contributed by atoms with E-state index in [0.717, 1.165) is 0 Å². The third-order valence-electron chi connectivity index (χ3n) is 2.57. The number of β-amino-alcohol motifs (C(OH)–C–C–N with tert-alkyl or cyclic N) is 1. The first-order valence-electron chi connectivity index (χ1n) is 6.45. The predicted molar refractivity (Wildman–Crippen MR) is 75.7 cm³/mol. The second-order valence-corrected chi connectivity index (χ2v) is 5.65. The standard InChI is InChI=1S/C15H23NO3/c1-11(17)13-7-5-6-8-14(13)19-10-12(18)9-16-15(2,3)4/h5-8,12,16,18H,9-10H2,1-4H3/t12-/m1/s1. The van der Waals surface area contributed by atoms with Crippen LogP contribution in [0.5, 0.6) is 5.75 Å². The lowest BCUT2D eigenvalue weighted by atomic mass is 10.1. The van der Waals surface area contributed by atoms with Crippen LogP contribution < -0.4 is 10.1 Å². The first-order valence-corrected chi connectivity index (χ1v) is 6.45. The van der Waals surface area contributed by atoms with Crippen molar-refractivity contribution in [3.8, 4) is 5.75 Å². The first kappa shape index (κ1) is 15.7. The van der Waals surface area contributed by atoms with Crippen LogP contribution in [0.2, 0.25) is 0 Å². The molecule has 0 amide bonds. The highest BCUT2D eigenvalue weighted by Crippen LogP contribution is 2.18. The van der Waals surface area contributed by atoms with Crippen LogP contribution in [-0.4, -0.2) is 35.7 Å². The molecular formula is C15H23NO3. The van der Waals surface area contributed by atoms with Gasteiger partial charge in [0.2, 0.25) is 0 Å². The summed E-state index contributed by atoms with van der Waals surface area (Å²) >= 11 is 0. The van der Waals surface area contributed by atoms with Gasteiger partial charge in [0.15, 0.2) is 5.78 Å². The molecule has 4 nitrogen and oxygen atoms in total. The van der Waals surface area contributed by atoms with E-state index in [1.54, 1.807) is 18.2 Å². The Labute approximate surface area is 114 Å². The highest BCUT2D eigenvalue weighted by molar-refractivity contribution is 5.96. The smallest absolute Gasteiger partial charge is 0.163 e. The Bertz CT molecular complexity index is 424. The number of benzene rings is 1. The van der Waals surface area contributed by atoms with Crippen LogP contribution in [-0.2, 0) is 0 Å². The molecule has 1 aromatic carbocycles. The highest BCUT2D eigenvalue weighted by atomic mass is 16.5. The van der Waals surface area contributed by atoms with E-state index in [1.165, 1.54) is 6.92 Å². The van der Waals surface area contributed by atoms with Crippen LogP contribution in [0.3, 0.4) is 0 Å². The second-order valence-electron chi connectivity index (χ2n) is 5.65. The maximum Gasteiger partial charge on any atom is 0.163 e. The van der Waals surface area contributed by atoms with Crippen molar-refractivity contribution in [2.45, 2.75) is 39.3 Å². The fourth-order valence-electron chi connectivity index (χ4n) is 1.55. The SMILES string of the molecule is CC(=O)c1ccccc1OC[C@H](O)CNC(C)(C)C. The molecular weight excluding hydrogens is 242 g/mol. The van der Waals surface area contributed by atoms with Crippen molar-refractivity contribution in [3.63, 3.8) is 0 Å². The minimum absolute atomic E-state index is 0.0434. The van der Waals surface area contributed by atoms with Gasteiger partial charge < -0.3 is 15.2 Å². The van der Waals surface area contributed by atoms with E-state index >= 15 is 0 Å². The predicted octanol–water partition coefficient (Wildman–Crippen LogP) is 2.02. The van der Waals surface area contributed by atoms with E-state index in [-0.39, 0.29) is 17.9 Å². The lowest BCUT2D eigenvalue weighted by Gasteiger charge is -2.23. The van der Waals surface area contributed by atoms with E-state index < -0.39 is 6.10 Å². The Morgan fingerprint density at radius 3 is 2.58 bits per heavy atom. The largest absolute Gasteiger partial charge is 0.490 e. The van der Waals surface area contributed by atoms with Gasteiger partial charge in [0, 0.05) is 12.1 Å². The fourth-order valence-corrected chi connectivity index (χ4v) is 1.55. The molecule has 0 bridgehead atoms. The molecule has 19 heavy (non-hydrogen) atoms. The summed E-state index contributed by atoms with van der Waals surface area (Å²) in [6, 6.07) is 7.06. The molecule has 0 aromatic heterocycles. The Morgan fingerprint density at radius 2 is 2.00 bits per heavy atom. The van der Waals surface area contributed by atoms with Crippen LogP contribution in [0.4, 0.5) is 0 Å². The van der Waals surface area contributed by atoms with E-state index in [0.29, 0.717) is 17.9 Å². The summed E-state index contributed by atoms with van der Waals surface area (Å²) in [5, 5.41) is 13.0. The Morgan fingerprint density at radius 1 is 1.37 bits per heavy atom. The fraction of sp³-hybridized carbons (Fsp3) is 0.533. The second kappa shape index (κ2) is 6.68. The zero-order chi connectivity index (χ0) is 14.5. The molecule has 0 saturated heterocycles. The maximum atomic E-state index is 11.4. The molecule has 4 heteroatoms. The molecule has 0 radical (unpaired) electrons. The molecule has 106 valence electrons. The molecule has 0 heterocycles. The average Bonchev–Trinajstić information content (AvgIpc) is 2.33. The Hall–Kier alpha value is -1.39. The van der Waals surface area contributed by atoms with E-state index in [1.807, 2.05) is 26.8 Å². The number of nitrogens with one attached hydrogen (secondary N) is 1. The van der Waals surface area contributed by atoms with Gasteiger partial charge in [0.1, 0.15) is 18.5 Å². The lowest BCUT2D eigenvalue weighted by Crippen LogP contribution is -2.42. The van der Waals surface area contributed by atoms with Gasteiger partial charge in [0.25, 0.3) is 0 Å². The Kier molecular flexibility index (Phi) is 5.51. The summed E-state index contributed by atoms with van der Waals surface area (Å²) < 4.78 is 5.51. The number of carbonyl (C=O) groups is 1. The van der Waals surface area contributed by atoms with Crippen LogP contribution in [0.1, 0.15) is 38.1 Å². The molecule has 0 saturated carbocycles. The number of rotatable bonds is 6. The van der Waals surface area contributed by atoms with Gasteiger partial charge in [-0.25, -0.2) is 0 Å². The lowest BCUT2D eigenvalue weighted by molar-refractivity contribution is 0.0950. The summed E-state index contributed by atoms with van der Waals surface area (Å²) in [6.45, 7) is 8.21. The third kappa shape index (κ3) is 5.85. The van der Waals surface area contributed by atoms with E-state index in [9.17, 15) is 9.90 Å². The molecule has 0 aliphatic rings. The van der Waals surface area contributed by atoms with Gasteiger partial charge in [-0.1, -0.05) is 12.1 Å². The van der Waals surface area contributed by atoms with Crippen LogP contribution in [0.25, 0.3) is 0 Å². The van der Waals surface area contributed by atoms with Gasteiger partial charge in [0.05, 0.1) is 5.56 Å². The molecule has 1 rings (SSSR count). The number of Topliss-reactive ketones (excluding diaryl/α,β-unsaturated/α-hetero) is 1. The molecule has 0 aliphatic heterocycles. The zero-order valence-corrected chi connectivity index (χ0v) is 12.1. The third-order valence-corrected chi connectivity index (χ3v) is 2.57. The van der Waals surface area contributed by atoms with Gasteiger partial charge in [-0.15, -0.1) is 0 Å². The molecule has 0 spiro atoms. The number of aliphatic hydroxyl groups excluding tert-OH is 1. The number of hydrogen-bond donors (Lipinski definition) is 2. The van der Waals surface area contributed by atoms with Gasteiger partial charge >= 0.3 is 0 Å². The van der Waals surface area contributed by atoms with E-state index in [2.05, 4.69) is 5.32 Å². The topological polar surface area (TPSA) is 58.6 Å². The highest BCUT2D eigenvalue weighted by Gasteiger charge is 2.14. The van der Waals surface area contributed by atoms with Gasteiger partial charge in [-0.3, -0.25) is 4.79 Å². The Balaban J connectivity index is 2.51. The molecule has 1 aromatic rings. The zero-order valence-electron chi connectivity index (χ0n) is 12.1. The number of ether oxygens (including phenoxy) is 1. The van der Waals surface area contributed by atoms with Crippen LogP contribution >= 0.6 is 0 Å².